The zero-order valence-corrected chi connectivity index (χ0v) is 9.80. The molecule has 0 saturated heterocycles. The summed E-state index contributed by atoms with van der Waals surface area (Å²) in [5, 5.41) is 8.90. The Morgan fingerprint density at radius 3 is 2.31 bits per heavy atom. The fraction of sp³-hybridized carbons (Fsp3) is 0.417. The SMILES string of the molecule is COc1ccc(N(C(=O)CO)C(C)C)cc1. The molecule has 0 aromatic heterocycles. The number of carbonyl (C=O) groups excluding carboxylic acids is 1. The van der Waals surface area contributed by atoms with Gasteiger partial charge >= 0.3 is 0 Å². The maximum atomic E-state index is 11.6. The fourth-order valence-electron chi connectivity index (χ4n) is 1.55. The van der Waals surface area contributed by atoms with Gasteiger partial charge in [-0.25, -0.2) is 0 Å². The Hall–Kier alpha value is -1.55. The molecule has 4 heteroatoms. The van der Waals surface area contributed by atoms with Gasteiger partial charge in [0.1, 0.15) is 12.4 Å². The largest absolute Gasteiger partial charge is 0.497 e. The predicted octanol–water partition coefficient (Wildman–Crippen LogP) is 1.43. The van der Waals surface area contributed by atoms with Crippen molar-refractivity contribution in [2.75, 3.05) is 18.6 Å². The van der Waals surface area contributed by atoms with Gasteiger partial charge in [0.25, 0.3) is 5.91 Å². The molecule has 0 radical (unpaired) electrons. The minimum absolute atomic E-state index is 0.00745. The molecule has 1 rings (SSSR count). The Bertz CT molecular complexity index is 346. The number of carbonyl (C=O) groups is 1. The average molecular weight is 223 g/mol. The van der Waals surface area contributed by atoms with Gasteiger partial charge in [-0.05, 0) is 38.1 Å². The quantitative estimate of drug-likeness (QED) is 0.840. The van der Waals surface area contributed by atoms with Crippen LogP contribution >= 0.6 is 0 Å². The molecule has 1 amide bonds. The summed E-state index contributed by atoms with van der Waals surface area (Å²) in [5.41, 5.74) is 0.759. The van der Waals surface area contributed by atoms with Crippen LogP contribution in [0.5, 0.6) is 5.75 Å². The van der Waals surface area contributed by atoms with E-state index in [1.807, 2.05) is 13.8 Å². The molecule has 0 saturated carbocycles. The van der Waals surface area contributed by atoms with Gasteiger partial charge in [0.2, 0.25) is 0 Å². The Morgan fingerprint density at radius 2 is 1.94 bits per heavy atom. The van der Waals surface area contributed by atoms with Crippen molar-refractivity contribution >= 4 is 11.6 Å². The summed E-state index contributed by atoms with van der Waals surface area (Å²) in [6.45, 7) is 3.32. The lowest BCUT2D eigenvalue weighted by atomic mass is 10.2. The molecule has 88 valence electrons. The van der Waals surface area contributed by atoms with Gasteiger partial charge in [-0.15, -0.1) is 0 Å². The van der Waals surface area contributed by atoms with Crippen LogP contribution < -0.4 is 9.64 Å². The number of rotatable bonds is 4. The van der Waals surface area contributed by atoms with E-state index >= 15 is 0 Å². The van der Waals surface area contributed by atoms with Crippen molar-refractivity contribution in [2.24, 2.45) is 0 Å². The van der Waals surface area contributed by atoms with Crippen LogP contribution in [0.1, 0.15) is 13.8 Å². The molecule has 0 aliphatic heterocycles. The number of aliphatic hydroxyl groups excluding tert-OH is 1. The summed E-state index contributed by atoms with van der Waals surface area (Å²) in [6.07, 6.45) is 0. The molecule has 0 aliphatic carbocycles. The highest BCUT2D eigenvalue weighted by Crippen LogP contribution is 2.21. The highest BCUT2D eigenvalue weighted by molar-refractivity contribution is 5.94. The van der Waals surface area contributed by atoms with Crippen molar-refractivity contribution < 1.29 is 14.6 Å². The molecular weight excluding hydrogens is 206 g/mol. The minimum Gasteiger partial charge on any atom is -0.497 e. The molecule has 0 aliphatic rings. The van der Waals surface area contributed by atoms with Gasteiger partial charge in [0, 0.05) is 11.7 Å². The number of benzene rings is 1. The molecule has 1 aromatic carbocycles. The van der Waals surface area contributed by atoms with Gasteiger partial charge in [0.05, 0.1) is 7.11 Å². The molecule has 16 heavy (non-hydrogen) atoms. The molecule has 1 N–H and O–H groups in total. The zero-order chi connectivity index (χ0) is 12.1. The standard InChI is InChI=1S/C12H17NO3/c1-9(2)13(12(15)8-14)10-4-6-11(16-3)7-5-10/h4-7,9,14H,8H2,1-3H3. The Labute approximate surface area is 95.5 Å². The third-order valence-electron chi connectivity index (χ3n) is 2.27. The first-order valence-corrected chi connectivity index (χ1v) is 5.17. The normalized spacial score (nSPS) is 10.3. The molecule has 0 heterocycles. The van der Waals surface area contributed by atoms with Gasteiger partial charge < -0.3 is 14.7 Å². The summed E-state index contributed by atoms with van der Waals surface area (Å²) in [7, 11) is 1.59. The van der Waals surface area contributed by atoms with Crippen molar-refractivity contribution in [2.45, 2.75) is 19.9 Å². The monoisotopic (exact) mass is 223 g/mol. The summed E-state index contributed by atoms with van der Waals surface area (Å²) < 4.78 is 5.04. The second-order valence-electron chi connectivity index (χ2n) is 3.71. The molecule has 1 aromatic rings. The van der Waals surface area contributed by atoms with Crippen molar-refractivity contribution in [1.82, 2.24) is 0 Å². The lowest BCUT2D eigenvalue weighted by Crippen LogP contribution is -2.38. The summed E-state index contributed by atoms with van der Waals surface area (Å²) in [5.74, 6) is 0.434. The first kappa shape index (κ1) is 12.5. The second-order valence-corrected chi connectivity index (χ2v) is 3.71. The fourth-order valence-corrected chi connectivity index (χ4v) is 1.55. The van der Waals surface area contributed by atoms with Crippen molar-refractivity contribution in [1.29, 1.82) is 0 Å². The Morgan fingerprint density at radius 1 is 1.38 bits per heavy atom. The topological polar surface area (TPSA) is 49.8 Å². The lowest BCUT2D eigenvalue weighted by Gasteiger charge is -2.26. The number of hydrogen-bond acceptors (Lipinski definition) is 3. The molecular formula is C12H17NO3. The molecule has 4 nitrogen and oxygen atoms in total. The number of amides is 1. The van der Waals surface area contributed by atoms with E-state index < -0.39 is 6.61 Å². The van der Waals surface area contributed by atoms with Crippen LogP contribution in [0.4, 0.5) is 5.69 Å². The lowest BCUT2D eigenvalue weighted by molar-refractivity contribution is -0.121. The number of methoxy groups -OCH3 is 1. The van der Waals surface area contributed by atoms with Crippen molar-refractivity contribution in [3.05, 3.63) is 24.3 Å². The number of anilines is 1. The second kappa shape index (κ2) is 5.51. The minimum atomic E-state index is -0.482. The van der Waals surface area contributed by atoms with Crippen LogP contribution in [0.15, 0.2) is 24.3 Å². The Kier molecular flexibility index (Phi) is 4.31. The highest BCUT2D eigenvalue weighted by atomic mass is 16.5. The predicted molar refractivity (Wildman–Crippen MR) is 62.7 cm³/mol. The van der Waals surface area contributed by atoms with Crippen LogP contribution in [0.2, 0.25) is 0 Å². The van der Waals surface area contributed by atoms with E-state index in [2.05, 4.69) is 0 Å². The summed E-state index contributed by atoms with van der Waals surface area (Å²) in [6, 6.07) is 7.18. The number of hydrogen-bond donors (Lipinski definition) is 1. The molecule has 0 atom stereocenters. The van der Waals surface area contributed by atoms with E-state index in [9.17, 15) is 4.79 Å². The van der Waals surface area contributed by atoms with E-state index in [1.165, 1.54) is 0 Å². The van der Waals surface area contributed by atoms with Crippen LogP contribution in [-0.4, -0.2) is 30.8 Å². The van der Waals surface area contributed by atoms with E-state index in [1.54, 1.807) is 36.3 Å². The first-order chi connectivity index (χ1) is 7.60. The van der Waals surface area contributed by atoms with Gasteiger partial charge in [0.15, 0.2) is 0 Å². The average Bonchev–Trinajstić information content (AvgIpc) is 2.29. The molecule has 0 unspecified atom stereocenters. The van der Waals surface area contributed by atoms with Gasteiger partial charge in [-0.1, -0.05) is 0 Å². The maximum Gasteiger partial charge on any atom is 0.252 e. The van der Waals surface area contributed by atoms with Gasteiger partial charge in [-0.3, -0.25) is 4.79 Å². The third kappa shape index (κ3) is 2.73. The maximum absolute atomic E-state index is 11.6. The third-order valence-corrected chi connectivity index (χ3v) is 2.27. The first-order valence-electron chi connectivity index (χ1n) is 5.17. The molecule has 0 bridgehead atoms. The zero-order valence-electron chi connectivity index (χ0n) is 9.80. The summed E-state index contributed by atoms with van der Waals surface area (Å²) >= 11 is 0. The number of aliphatic hydroxyl groups is 1. The number of nitrogens with zero attached hydrogens (tertiary/aromatic N) is 1. The Balaban J connectivity index is 2.97. The van der Waals surface area contributed by atoms with Gasteiger partial charge in [-0.2, -0.15) is 0 Å². The molecule has 0 fully saturated rings. The van der Waals surface area contributed by atoms with E-state index in [4.69, 9.17) is 9.84 Å². The van der Waals surface area contributed by atoms with Crippen LogP contribution in [-0.2, 0) is 4.79 Å². The molecule has 0 spiro atoms. The van der Waals surface area contributed by atoms with Crippen LogP contribution in [0.25, 0.3) is 0 Å². The van der Waals surface area contributed by atoms with E-state index in [-0.39, 0.29) is 11.9 Å². The highest BCUT2D eigenvalue weighted by Gasteiger charge is 2.17. The van der Waals surface area contributed by atoms with Crippen molar-refractivity contribution in [3.63, 3.8) is 0 Å². The van der Waals surface area contributed by atoms with E-state index in [0.29, 0.717) is 0 Å². The van der Waals surface area contributed by atoms with E-state index in [0.717, 1.165) is 11.4 Å². The number of ether oxygens (including phenoxy) is 1. The van der Waals surface area contributed by atoms with Crippen molar-refractivity contribution in [3.8, 4) is 5.75 Å². The van der Waals surface area contributed by atoms with Crippen LogP contribution in [0.3, 0.4) is 0 Å². The smallest absolute Gasteiger partial charge is 0.252 e. The summed E-state index contributed by atoms with van der Waals surface area (Å²) in [4.78, 5) is 13.1. The van der Waals surface area contributed by atoms with Crippen LogP contribution in [0, 0.1) is 0 Å².